The first-order valence-electron chi connectivity index (χ1n) is 11.0. The predicted octanol–water partition coefficient (Wildman–Crippen LogP) is 4.54. The molecule has 3 aromatic rings. The van der Waals surface area contributed by atoms with Crippen LogP contribution in [0.2, 0.25) is 0 Å². The molecule has 33 heavy (non-hydrogen) atoms. The highest BCUT2D eigenvalue weighted by Gasteiger charge is 2.50. The fourth-order valence-electron chi connectivity index (χ4n) is 4.44. The zero-order valence-electron chi connectivity index (χ0n) is 18.6. The van der Waals surface area contributed by atoms with Gasteiger partial charge in [-0.15, -0.1) is 0 Å². The van der Waals surface area contributed by atoms with E-state index in [9.17, 15) is 9.59 Å². The van der Waals surface area contributed by atoms with Gasteiger partial charge in [-0.05, 0) is 65.9 Å². The molecule has 0 unspecified atom stereocenters. The van der Waals surface area contributed by atoms with E-state index >= 15 is 0 Å². The van der Waals surface area contributed by atoms with Crippen molar-refractivity contribution in [2.24, 2.45) is 0 Å². The predicted molar refractivity (Wildman–Crippen MR) is 126 cm³/mol. The van der Waals surface area contributed by atoms with Crippen molar-refractivity contribution in [3.63, 3.8) is 0 Å². The molecule has 0 saturated heterocycles. The van der Waals surface area contributed by atoms with Gasteiger partial charge < -0.3 is 19.5 Å². The highest BCUT2D eigenvalue weighted by molar-refractivity contribution is 5.96. The number of carbonyl (C=O) groups is 2. The first-order chi connectivity index (χ1) is 16.0. The Morgan fingerprint density at radius 3 is 2.45 bits per heavy atom. The lowest BCUT2D eigenvalue weighted by molar-refractivity contribution is -0.120. The first-order valence-corrected chi connectivity index (χ1v) is 11.0. The topological polar surface area (TPSA) is 73.9 Å². The van der Waals surface area contributed by atoms with Crippen LogP contribution in [0.25, 0.3) is 11.1 Å². The van der Waals surface area contributed by atoms with Gasteiger partial charge in [0, 0.05) is 26.0 Å². The van der Waals surface area contributed by atoms with E-state index in [4.69, 9.17) is 14.2 Å². The third-order valence-electron chi connectivity index (χ3n) is 6.52. The summed E-state index contributed by atoms with van der Waals surface area (Å²) in [4.78, 5) is 25.3. The molecule has 1 fully saturated rings. The highest BCUT2D eigenvalue weighted by Crippen LogP contribution is 2.51. The smallest absolute Gasteiger partial charge is 0.251 e. The summed E-state index contributed by atoms with van der Waals surface area (Å²) in [5.74, 6) is 2.22. The summed E-state index contributed by atoms with van der Waals surface area (Å²) >= 11 is 0. The van der Waals surface area contributed by atoms with Crippen LogP contribution in [-0.2, 0) is 16.6 Å². The number of carbonyl (C=O) groups excluding carboxylic acids is 2. The minimum Gasteiger partial charge on any atom is -0.496 e. The van der Waals surface area contributed by atoms with Crippen molar-refractivity contribution in [3.8, 4) is 28.4 Å². The zero-order valence-corrected chi connectivity index (χ0v) is 18.6. The maximum Gasteiger partial charge on any atom is 0.251 e. The quantitative estimate of drug-likeness (QED) is 0.578. The first kappa shape index (κ1) is 21.1. The zero-order chi connectivity index (χ0) is 23.0. The van der Waals surface area contributed by atoms with Crippen molar-refractivity contribution < 1.29 is 25.2 Å². The summed E-state index contributed by atoms with van der Waals surface area (Å²) in [5.41, 5.74) is 3.88. The number of nitrogens with one attached hydrogen (secondary N) is 1. The van der Waals surface area contributed by atoms with Gasteiger partial charge in [0.15, 0.2) is 11.5 Å². The fraction of sp³-hybridized carbons (Fsp3) is 0.259. The van der Waals surface area contributed by atoms with Crippen LogP contribution >= 0.6 is 0 Å². The molecule has 1 saturated carbocycles. The molecule has 1 N–H and O–H groups in total. The fourth-order valence-corrected chi connectivity index (χ4v) is 4.44. The second-order valence-electron chi connectivity index (χ2n) is 8.44. The van der Waals surface area contributed by atoms with E-state index in [1.165, 1.54) is 0 Å². The molecule has 3 aromatic carbocycles. The average Bonchev–Trinajstić information content (AvgIpc) is 3.54. The number of fused-ring (bicyclic) bond motifs is 1. The Kier molecular flexibility index (Phi) is 5.29. The molecule has 6 heteroatoms. The van der Waals surface area contributed by atoms with Crippen LogP contribution in [0.3, 0.4) is 0 Å². The Bertz CT molecular complexity index is 1230. The summed E-state index contributed by atoms with van der Waals surface area (Å²) in [6, 6.07) is 19.0. The molecule has 0 radical (unpaired) electrons. The SMILES string of the molecule is CNC(=O)c1ccc(-c2cc(CC(=O)C3(c4ccc5c(c4)OCO5)CC3)ccc2OC)cc1.[HH]. The van der Waals surface area contributed by atoms with Gasteiger partial charge in [0.1, 0.15) is 11.5 Å². The van der Waals surface area contributed by atoms with Gasteiger partial charge in [0.2, 0.25) is 6.79 Å². The standard InChI is InChI=1S/C27H25NO5.H2/c1-28-26(30)19-6-4-18(5-7-19)21-13-17(3-9-22(21)31-2)14-25(29)27(11-12-27)20-8-10-23-24(15-20)33-16-32-23;/h3-10,13,15H,11-12,14,16H2,1-2H3,(H,28,30);1H. The van der Waals surface area contributed by atoms with E-state index in [-0.39, 0.29) is 19.9 Å². The summed E-state index contributed by atoms with van der Waals surface area (Å²) < 4.78 is 16.5. The van der Waals surface area contributed by atoms with Crippen LogP contribution < -0.4 is 19.5 Å². The molecule has 2 aliphatic rings. The molecule has 1 amide bonds. The lowest BCUT2D eigenvalue weighted by Gasteiger charge is -2.16. The van der Waals surface area contributed by atoms with Gasteiger partial charge in [0.05, 0.1) is 12.5 Å². The van der Waals surface area contributed by atoms with E-state index in [2.05, 4.69) is 5.32 Å². The number of Topliss-reactive ketones (excluding diaryl/α,β-unsaturated/α-hetero) is 1. The molecular weight excluding hydrogens is 418 g/mol. The molecular formula is C27H27NO5. The van der Waals surface area contributed by atoms with Crippen molar-refractivity contribution in [2.75, 3.05) is 21.0 Å². The van der Waals surface area contributed by atoms with E-state index in [0.29, 0.717) is 17.7 Å². The number of rotatable bonds is 7. The maximum atomic E-state index is 13.4. The molecule has 5 rings (SSSR count). The van der Waals surface area contributed by atoms with Crippen LogP contribution in [0.15, 0.2) is 60.7 Å². The highest BCUT2D eigenvalue weighted by atomic mass is 16.7. The molecule has 0 spiro atoms. The van der Waals surface area contributed by atoms with Crippen molar-refractivity contribution in [3.05, 3.63) is 77.4 Å². The van der Waals surface area contributed by atoms with E-state index < -0.39 is 5.41 Å². The van der Waals surface area contributed by atoms with Gasteiger partial charge >= 0.3 is 0 Å². The lowest BCUT2D eigenvalue weighted by atomic mass is 9.87. The van der Waals surface area contributed by atoms with Gasteiger partial charge in [-0.2, -0.15) is 0 Å². The number of ether oxygens (including phenoxy) is 3. The number of ketones is 1. The summed E-state index contributed by atoms with van der Waals surface area (Å²) in [7, 11) is 3.23. The van der Waals surface area contributed by atoms with Crippen molar-refractivity contribution in [2.45, 2.75) is 24.7 Å². The average molecular weight is 446 g/mol. The largest absolute Gasteiger partial charge is 0.496 e. The van der Waals surface area contributed by atoms with Crippen molar-refractivity contribution in [1.29, 1.82) is 0 Å². The molecule has 1 aliphatic heterocycles. The second-order valence-corrected chi connectivity index (χ2v) is 8.44. The Labute approximate surface area is 194 Å². The van der Waals surface area contributed by atoms with Crippen molar-refractivity contribution >= 4 is 11.7 Å². The second kappa shape index (κ2) is 8.28. The third kappa shape index (κ3) is 3.82. The van der Waals surface area contributed by atoms with E-state index in [1.54, 1.807) is 26.3 Å². The van der Waals surface area contributed by atoms with Crippen LogP contribution in [0, 0.1) is 0 Å². The number of amides is 1. The molecule has 0 bridgehead atoms. The van der Waals surface area contributed by atoms with Crippen LogP contribution in [0.4, 0.5) is 0 Å². The number of methoxy groups -OCH3 is 1. The van der Waals surface area contributed by atoms with Gasteiger partial charge in [-0.3, -0.25) is 9.59 Å². The minimum absolute atomic E-state index is 0. The summed E-state index contributed by atoms with van der Waals surface area (Å²) in [5, 5.41) is 2.62. The summed E-state index contributed by atoms with van der Waals surface area (Å²) in [6.45, 7) is 0.221. The Hall–Kier alpha value is -3.80. The Balaban J connectivity index is 0.00000274. The molecule has 0 aromatic heterocycles. The number of benzene rings is 3. The number of hydrogen-bond donors (Lipinski definition) is 1. The molecule has 170 valence electrons. The maximum absolute atomic E-state index is 13.4. The number of hydrogen-bond acceptors (Lipinski definition) is 5. The third-order valence-corrected chi connectivity index (χ3v) is 6.52. The monoisotopic (exact) mass is 445 g/mol. The Morgan fingerprint density at radius 2 is 1.76 bits per heavy atom. The molecule has 6 nitrogen and oxygen atoms in total. The molecule has 1 heterocycles. The summed E-state index contributed by atoms with van der Waals surface area (Å²) in [6.07, 6.45) is 2.02. The van der Waals surface area contributed by atoms with E-state index in [1.807, 2.05) is 48.5 Å². The van der Waals surface area contributed by atoms with Crippen LogP contribution in [0.1, 0.15) is 35.8 Å². The van der Waals surface area contributed by atoms with Gasteiger partial charge in [0.25, 0.3) is 5.91 Å². The lowest BCUT2D eigenvalue weighted by Crippen LogP contribution is -2.22. The molecule has 0 atom stereocenters. The van der Waals surface area contributed by atoms with Crippen molar-refractivity contribution in [1.82, 2.24) is 5.32 Å². The Morgan fingerprint density at radius 1 is 1.00 bits per heavy atom. The van der Waals surface area contributed by atoms with Gasteiger partial charge in [-0.1, -0.05) is 24.3 Å². The molecule has 1 aliphatic carbocycles. The van der Waals surface area contributed by atoms with Crippen LogP contribution in [-0.4, -0.2) is 32.6 Å². The normalized spacial score (nSPS) is 15.1. The van der Waals surface area contributed by atoms with Gasteiger partial charge in [-0.25, -0.2) is 0 Å². The minimum atomic E-state index is -0.448. The van der Waals surface area contributed by atoms with E-state index in [0.717, 1.165) is 46.6 Å². The van der Waals surface area contributed by atoms with Crippen LogP contribution in [0.5, 0.6) is 17.2 Å².